The van der Waals surface area contributed by atoms with Gasteiger partial charge in [-0.15, -0.1) is 5.10 Å². The Labute approximate surface area is 100 Å². The fraction of sp³-hybridized carbons (Fsp3) is 0.727. The molecule has 0 aromatic carbocycles. The van der Waals surface area contributed by atoms with E-state index in [1.807, 2.05) is 11.8 Å². The summed E-state index contributed by atoms with van der Waals surface area (Å²) in [5.41, 5.74) is 0.595. The van der Waals surface area contributed by atoms with Crippen LogP contribution in [0, 0.1) is 0 Å². The number of likely N-dealkylation sites (tertiary alicyclic amines) is 1. The number of hydrogen-bond acceptors (Lipinski definition) is 4. The molecule has 1 aromatic heterocycles. The van der Waals surface area contributed by atoms with Gasteiger partial charge in [0.1, 0.15) is 5.69 Å². The van der Waals surface area contributed by atoms with E-state index >= 15 is 0 Å². The second-order valence-electron chi connectivity index (χ2n) is 4.31. The second-order valence-corrected chi connectivity index (χ2v) is 4.31. The quantitative estimate of drug-likeness (QED) is 0.824. The second kappa shape index (κ2) is 5.27. The summed E-state index contributed by atoms with van der Waals surface area (Å²) in [4.78, 5) is 13.4. The van der Waals surface area contributed by atoms with Gasteiger partial charge in [0.05, 0.1) is 18.8 Å². The third-order valence-corrected chi connectivity index (χ3v) is 3.21. The number of carbonyl (C=O) groups excluding carboxylic acids is 1. The lowest BCUT2D eigenvalue weighted by atomic mass is 10.1. The van der Waals surface area contributed by atoms with Gasteiger partial charge >= 0.3 is 0 Å². The number of rotatable bonds is 3. The van der Waals surface area contributed by atoms with Gasteiger partial charge in [-0.25, -0.2) is 4.68 Å². The number of nitrogens with zero attached hydrogens (tertiary/aromatic N) is 4. The van der Waals surface area contributed by atoms with Crippen LogP contribution in [0.3, 0.4) is 0 Å². The first kappa shape index (κ1) is 12.0. The Morgan fingerprint density at radius 3 is 2.76 bits per heavy atom. The van der Waals surface area contributed by atoms with Crippen molar-refractivity contribution in [3.8, 4) is 0 Å². The SMILES string of the molecule is CCC(=O)N1CCC(n2cc(CO)nn2)CC1. The van der Waals surface area contributed by atoms with E-state index in [-0.39, 0.29) is 12.5 Å². The standard InChI is InChI=1S/C11H18N4O2/c1-2-11(17)14-5-3-10(4-6-14)15-7-9(8-16)12-13-15/h7,10,16H,2-6,8H2,1H3. The van der Waals surface area contributed by atoms with Crippen molar-refractivity contribution in [2.24, 2.45) is 0 Å². The number of piperidine rings is 1. The van der Waals surface area contributed by atoms with Gasteiger partial charge in [0.15, 0.2) is 0 Å². The normalized spacial score (nSPS) is 17.4. The molecule has 94 valence electrons. The lowest BCUT2D eigenvalue weighted by Gasteiger charge is -2.31. The van der Waals surface area contributed by atoms with Gasteiger partial charge in [-0.2, -0.15) is 0 Å². The van der Waals surface area contributed by atoms with Gasteiger partial charge in [0, 0.05) is 19.5 Å². The van der Waals surface area contributed by atoms with Crippen LogP contribution in [-0.4, -0.2) is 44.0 Å². The summed E-state index contributed by atoms with van der Waals surface area (Å²) in [5, 5.41) is 16.8. The summed E-state index contributed by atoms with van der Waals surface area (Å²) in [6.45, 7) is 3.38. The minimum Gasteiger partial charge on any atom is -0.390 e. The maximum atomic E-state index is 11.5. The van der Waals surface area contributed by atoms with Crippen LogP contribution in [0.2, 0.25) is 0 Å². The van der Waals surface area contributed by atoms with Crippen LogP contribution < -0.4 is 0 Å². The fourth-order valence-corrected chi connectivity index (χ4v) is 2.17. The van der Waals surface area contributed by atoms with Gasteiger partial charge in [0.25, 0.3) is 0 Å². The molecule has 0 radical (unpaired) electrons. The molecular weight excluding hydrogens is 220 g/mol. The highest BCUT2D eigenvalue weighted by molar-refractivity contribution is 5.75. The lowest BCUT2D eigenvalue weighted by Crippen LogP contribution is -2.38. The van der Waals surface area contributed by atoms with Crippen molar-refractivity contribution >= 4 is 5.91 Å². The maximum absolute atomic E-state index is 11.5. The van der Waals surface area contributed by atoms with Crippen LogP contribution in [0.15, 0.2) is 6.20 Å². The molecule has 1 aliphatic heterocycles. The number of hydrogen-bond donors (Lipinski definition) is 1. The molecule has 0 atom stereocenters. The van der Waals surface area contributed by atoms with E-state index in [0.29, 0.717) is 18.2 Å². The Morgan fingerprint density at radius 2 is 2.24 bits per heavy atom. The van der Waals surface area contributed by atoms with Crippen molar-refractivity contribution in [2.45, 2.75) is 38.8 Å². The van der Waals surface area contributed by atoms with Crippen LogP contribution in [0.4, 0.5) is 0 Å². The zero-order valence-corrected chi connectivity index (χ0v) is 10.0. The molecule has 6 nitrogen and oxygen atoms in total. The Kier molecular flexibility index (Phi) is 3.73. The molecule has 0 aliphatic carbocycles. The number of amides is 1. The van der Waals surface area contributed by atoms with E-state index in [4.69, 9.17) is 5.11 Å². The molecule has 2 heterocycles. The largest absolute Gasteiger partial charge is 0.390 e. The van der Waals surface area contributed by atoms with E-state index in [9.17, 15) is 4.79 Å². The van der Waals surface area contributed by atoms with Crippen molar-refractivity contribution in [1.29, 1.82) is 0 Å². The molecule has 2 rings (SSSR count). The van der Waals surface area contributed by atoms with Crippen LogP contribution >= 0.6 is 0 Å². The number of carbonyl (C=O) groups is 1. The zero-order chi connectivity index (χ0) is 12.3. The molecule has 1 aliphatic rings. The first-order valence-corrected chi connectivity index (χ1v) is 6.04. The average Bonchev–Trinajstić information content (AvgIpc) is 2.87. The molecule has 6 heteroatoms. The summed E-state index contributed by atoms with van der Waals surface area (Å²) in [7, 11) is 0. The van der Waals surface area contributed by atoms with Crippen molar-refractivity contribution in [3.63, 3.8) is 0 Å². The molecular formula is C11H18N4O2. The number of aliphatic hydroxyl groups excluding tert-OH is 1. The molecule has 17 heavy (non-hydrogen) atoms. The van der Waals surface area contributed by atoms with Crippen molar-refractivity contribution in [3.05, 3.63) is 11.9 Å². The van der Waals surface area contributed by atoms with Gasteiger partial charge < -0.3 is 10.0 Å². The van der Waals surface area contributed by atoms with E-state index in [2.05, 4.69) is 10.3 Å². The highest BCUT2D eigenvalue weighted by Gasteiger charge is 2.23. The minimum atomic E-state index is -0.0762. The minimum absolute atomic E-state index is 0.0762. The Hall–Kier alpha value is -1.43. The third-order valence-electron chi connectivity index (χ3n) is 3.21. The van der Waals surface area contributed by atoms with Crippen molar-refractivity contribution < 1.29 is 9.90 Å². The zero-order valence-electron chi connectivity index (χ0n) is 10.0. The van der Waals surface area contributed by atoms with Crippen molar-refractivity contribution in [1.82, 2.24) is 19.9 Å². The summed E-state index contributed by atoms with van der Waals surface area (Å²) in [5.74, 6) is 0.220. The smallest absolute Gasteiger partial charge is 0.222 e. The monoisotopic (exact) mass is 238 g/mol. The van der Waals surface area contributed by atoms with Gasteiger partial charge in [-0.3, -0.25) is 4.79 Å². The summed E-state index contributed by atoms with van der Waals surface area (Å²) < 4.78 is 1.80. The first-order chi connectivity index (χ1) is 8.24. The molecule has 1 aromatic rings. The molecule has 0 saturated carbocycles. The van der Waals surface area contributed by atoms with E-state index in [0.717, 1.165) is 25.9 Å². The predicted octanol–water partition coefficient (Wildman–Crippen LogP) is 0.344. The van der Waals surface area contributed by atoms with Crippen molar-refractivity contribution in [2.75, 3.05) is 13.1 Å². The average molecular weight is 238 g/mol. The molecule has 0 bridgehead atoms. The highest BCUT2D eigenvalue weighted by atomic mass is 16.3. The molecule has 1 saturated heterocycles. The lowest BCUT2D eigenvalue weighted by molar-refractivity contribution is -0.132. The Morgan fingerprint density at radius 1 is 1.53 bits per heavy atom. The van der Waals surface area contributed by atoms with Crippen LogP contribution in [0.25, 0.3) is 0 Å². The van der Waals surface area contributed by atoms with E-state index in [1.165, 1.54) is 0 Å². The Balaban J connectivity index is 1.92. The molecule has 1 amide bonds. The number of aliphatic hydroxyl groups is 1. The molecule has 0 spiro atoms. The van der Waals surface area contributed by atoms with Gasteiger partial charge in [-0.05, 0) is 12.8 Å². The Bertz CT molecular complexity index is 383. The van der Waals surface area contributed by atoms with Gasteiger partial charge in [0.2, 0.25) is 5.91 Å². The summed E-state index contributed by atoms with van der Waals surface area (Å²) >= 11 is 0. The van der Waals surface area contributed by atoms with E-state index < -0.39 is 0 Å². The van der Waals surface area contributed by atoms with Crippen LogP contribution in [0.5, 0.6) is 0 Å². The third kappa shape index (κ3) is 2.63. The van der Waals surface area contributed by atoms with E-state index in [1.54, 1.807) is 10.9 Å². The topological polar surface area (TPSA) is 71.2 Å². The maximum Gasteiger partial charge on any atom is 0.222 e. The summed E-state index contributed by atoms with van der Waals surface area (Å²) in [6, 6.07) is 0.295. The predicted molar refractivity (Wildman–Crippen MR) is 61.1 cm³/mol. The summed E-state index contributed by atoms with van der Waals surface area (Å²) in [6.07, 6.45) is 4.16. The number of aromatic nitrogens is 3. The van der Waals surface area contributed by atoms with Gasteiger partial charge in [-0.1, -0.05) is 12.1 Å². The first-order valence-electron chi connectivity index (χ1n) is 6.04. The fourth-order valence-electron chi connectivity index (χ4n) is 2.17. The molecule has 1 fully saturated rings. The van der Waals surface area contributed by atoms with Crippen LogP contribution in [0.1, 0.15) is 37.9 Å². The van der Waals surface area contributed by atoms with Crippen LogP contribution in [-0.2, 0) is 11.4 Å². The molecule has 0 unspecified atom stereocenters. The highest BCUT2D eigenvalue weighted by Crippen LogP contribution is 2.21. The molecule has 1 N–H and O–H groups in total.